The van der Waals surface area contributed by atoms with Gasteiger partial charge in [-0.3, -0.25) is 4.98 Å². The van der Waals surface area contributed by atoms with Gasteiger partial charge in [0.1, 0.15) is 6.10 Å². The quantitative estimate of drug-likeness (QED) is 0.704. The molecule has 6 nitrogen and oxygen atoms in total. The molecule has 0 saturated carbocycles. The van der Waals surface area contributed by atoms with Crippen LogP contribution in [0.15, 0.2) is 24.5 Å². The standard InChI is InChI=1S/C8H9N5O/c1-13-11-8(10-12-13)7(14)6-3-2-4-9-5-6/h2-5,7,14H,1H3. The van der Waals surface area contributed by atoms with Crippen molar-refractivity contribution < 1.29 is 5.11 Å². The molecule has 6 heteroatoms. The van der Waals surface area contributed by atoms with Crippen LogP contribution in [0.4, 0.5) is 0 Å². The molecule has 0 bridgehead atoms. The number of aromatic nitrogens is 5. The lowest BCUT2D eigenvalue weighted by molar-refractivity contribution is 0.209. The predicted octanol–water partition coefficient (Wildman–Crippen LogP) is -0.313. The molecule has 14 heavy (non-hydrogen) atoms. The van der Waals surface area contributed by atoms with Gasteiger partial charge in [-0.2, -0.15) is 4.80 Å². The summed E-state index contributed by atoms with van der Waals surface area (Å²) < 4.78 is 0. The maximum atomic E-state index is 9.79. The average Bonchev–Trinajstić information content (AvgIpc) is 2.65. The van der Waals surface area contributed by atoms with Gasteiger partial charge in [-0.1, -0.05) is 6.07 Å². The summed E-state index contributed by atoms with van der Waals surface area (Å²) in [6, 6.07) is 3.50. The van der Waals surface area contributed by atoms with Gasteiger partial charge in [-0.05, 0) is 11.3 Å². The van der Waals surface area contributed by atoms with E-state index in [1.165, 1.54) is 4.80 Å². The highest BCUT2D eigenvalue weighted by molar-refractivity contribution is 5.17. The van der Waals surface area contributed by atoms with Crippen LogP contribution in [0.1, 0.15) is 17.5 Å². The molecule has 2 heterocycles. The number of hydrogen-bond acceptors (Lipinski definition) is 5. The summed E-state index contributed by atoms with van der Waals surface area (Å²) in [6.45, 7) is 0. The average molecular weight is 191 g/mol. The minimum atomic E-state index is -0.864. The third kappa shape index (κ3) is 1.60. The van der Waals surface area contributed by atoms with Crippen molar-refractivity contribution in [2.45, 2.75) is 6.10 Å². The van der Waals surface area contributed by atoms with E-state index in [0.29, 0.717) is 5.56 Å². The zero-order valence-corrected chi connectivity index (χ0v) is 7.57. The van der Waals surface area contributed by atoms with E-state index in [1.54, 1.807) is 31.6 Å². The van der Waals surface area contributed by atoms with Crippen molar-refractivity contribution in [3.8, 4) is 0 Å². The first-order valence-corrected chi connectivity index (χ1v) is 4.09. The summed E-state index contributed by atoms with van der Waals surface area (Å²) in [7, 11) is 1.65. The lowest BCUT2D eigenvalue weighted by atomic mass is 10.1. The molecule has 2 rings (SSSR count). The fraction of sp³-hybridized carbons (Fsp3) is 0.250. The molecule has 0 aliphatic rings. The van der Waals surface area contributed by atoms with Gasteiger partial charge in [0.15, 0.2) is 0 Å². The van der Waals surface area contributed by atoms with Gasteiger partial charge < -0.3 is 5.11 Å². The lowest BCUT2D eigenvalue weighted by Crippen LogP contribution is -2.03. The Morgan fingerprint density at radius 1 is 1.50 bits per heavy atom. The Morgan fingerprint density at radius 3 is 2.93 bits per heavy atom. The Bertz CT molecular complexity index is 413. The minimum Gasteiger partial charge on any atom is -0.380 e. The van der Waals surface area contributed by atoms with Crippen LogP contribution in [0.25, 0.3) is 0 Å². The summed E-state index contributed by atoms with van der Waals surface area (Å²) in [5, 5.41) is 21.0. The second-order valence-corrected chi connectivity index (χ2v) is 2.83. The van der Waals surface area contributed by atoms with Crippen LogP contribution in [0, 0.1) is 0 Å². The first-order valence-electron chi connectivity index (χ1n) is 4.09. The Labute approximate surface area is 80.2 Å². The molecule has 0 amide bonds. The van der Waals surface area contributed by atoms with Gasteiger partial charge >= 0.3 is 0 Å². The Kier molecular flexibility index (Phi) is 2.19. The molecule has 0 aliphatic heterocycles. The number of nitrogens with zero attached hydrogens (tertiary/aromatic N) is 5. The molecule has 72 valence electrons. The summed E-state index contributed by atoms with van der Waals surface area (Å²) in [5.41, 5.74) is 0.653. The summed E-state index contributed by atoms with van der Waals surface area (Å²) in [5.74, 6) is 0.278. The molecular weight excluding hydrogens is 182 g/mol. The van der Waals surface area contributed by atoms with Crippen molar-refractivity contribution in [3.05, 3.63) is 35.9 Å². The van der Waals surface area contributed by atoms with Gasteiger partial charge in [0, 0.05) is 18.0 Å². The van der Waals surface area contributed by atoms with Crippen molar-refractivity contribution in [2.75, 3.05) is 0 Å². The molecule has 0 aliphatic carbocycles. The maximum Gasteiger partial charge on any atom is 0.207 e. The molecule has 0 radical (unpaired) electrons. The highest BCUT2D eigenvalue weighted by atomic mass is 16.3. The Balaban J connectivity index is 2.29. The van der Waals surface area contributed by atoms with Crippen molar-refractivity contribution in [2.24, 2.45) is 7.05 Å². The van der Waals surface area contributed by atoms with E-state index in [9.17, 15) is 5.11 Å². The Hall–Kier alpha value is -1.82. The van der Waals surface area contributed by atoms with E-state index in [-0.39, 0.29) is 5.82 Å². The number of aryl methyl sites for hydroxylation is 1. The van der Waals surface area contributed by atoms with Crippen LogP contribution in [0.5, 0.6) is 0 Å². The van der Waals surface area contributed by atoms with E-state index in [4.69, 9.17) is 0 Å². The van der Waals surface area contributed by atoms with E-state index >= 15 is 0 Å². The summed E-state index contributed by atoms with van der Waals surface area (Å²) >= 11 is 0. The van der Waals surface area contributed by atoms with Crippen LogP contribution in [-0.4, -0.2) is 30.3 Å². The van der Waals surface area contributed by atoms with Crippen LogP contribution in [-0.2, 0) is 7.05 Å². The third-order valence-electron chi connectivity index (χ3n) is 1.77. The van der Waals surface area contributed by atoms with Crippen LogP contribution < -0.4 is 0 Å². The van der Waals surface area contributed by atoms with E-state index < -0.39 is 6.10 Å². The van der Waals surface area contributed by atoms with Crippen LogP contribution in [0.2, 0.25) is 0 Å². The molecule has 2 aromatic rings. The van der Waals surface area contributed by atoms with Crippen LogP contribution >= 0.6 is 0 Å². The molecule has 1 unspecified atom stereocenters. The smallest absolute Gasteiger partial charge is 0.207 e. The zero-order valence-electron chi connectivity index (χ0n) is 7.57. The fourth-order valence-corrected chi connectivity index (χ4v) is 1.09. The van der Waals surface area contributed by atoms with Gasteiger partial charge in [0.05, 0.1) is 7.05 Å². The van der Waals surface area contributed by atoms with E-state index in [0.717, 1.165) is 0 Å². The monoisotopic (exact) mass is 191 g/mol. The number of hydrogen-bond donors (Lipinski definition) is 1. The van der Waals surface area contributed by atoms with Gasteiger partial charge in [0.25, 0.3) is 0 Å². The van der Waals surface area contributed by atoms with Crippen LogP contribution in [0.3, 0.4) is 0 Å². The summed E-state index contributed by atoms with van der Waals surface area (Å²) in [6.07, 6.45) is 2.35. The maximum absolute atomic E-state index is 9.79. The normalized spacial score (nSPS) is 12.7. The molecule has 1 N–H and O–H groups in total. The second-order valence-electron chi connectivity index (χ2n) is 2.83. The molecule has 2 aromatic heterocycles. The predicted molar refractivity (Wildman–Crippen MR) is 47.1 cm³/mol. The highest BCUT2D eigenvalue weighted by Crippen LogP contribution is 2.15. The molecule has 0 saturated heterocycles. The van der Waals surface area contributed by atoms with Crippen molar-refractivity contribution in [1.82, 2.24) is 25.2 Å². The SMILES string of the molecule is Cn1nnc(C(O)c2cccnc2)n1. The number of rotatable bonds is 2. The highest BCUT2D eigenvalue weighted by Gasteiger charge is 2.15. The number of aliphatic hydroxyl groups excluding tert-OH is 1. The Morgan fingerprint density at radius 2 is 2.36 bits per heavy atom. The largest absolute Gasteiger partial charge is 0.380 e. The van der Waals surface area contributed by atoms with Crippen molar-refractivity contribution >= 4 is 0 Å². The van der Waals surface area contributed by atoms with Crippen molar-refractivity contribution in [1.29, 1.82) is 0 Å². The van der Waals surface area contributed by atoms with Crippen molar-refractivity contribution in [3.63, 3.8) is 0 Å². The first-order chi connectivity index (χ1) is 6.77. The molecule has 0 fully saturated rings. The molecular formula is C8H9N5O. The van der Waals surface area contributed by atoms with Gasteiger partial charge in [0.2, 0.25) is 5.82 Å². The lowest BCUT2D eigenvalue weighted by Gasteiger charge is -2.03. The van der Waals surface area contributed by atoms with Gasteiger partial charge in [-0.15, -0.1) is 10.2 Å². The molecule has 0 spiro atoms. The molecule has 1 atom stereocenters. The van der Waals surface area contributed by atoms with E-state index in [1.807, 2.05) is 0 Å². The summed E-state index contributed by atoms with van der Waals surface area (Å²) in [4.78, 5) is 5.20. The minimum absolute atomic E-state index is 0.278. The zero-order chi connectivity index (χ0) is 9.97. The third-order valence-corrected chi connectivity index (χ3v) is 1.77. The first kappa shape index (κ1) is 8.76. The van der Waals surface area contributed by atoms with Gasteiger partial charge in [-0.25, -0.2) is 0 Å². The molecule has 0 aromatic carbocycles. The second kappa shape index (κ2) is 3.51. The fourth-order valence-electron chi connectivity index (χ4n) is 1.09. The number of tetrazole rings is 1. The number of aliphatic hydroxyl groups is 1. The van der Waals surface area contributed by atoms with E-state index in [2.05, 4.69) is 20.4 Å². The number of pyridine rings is 1. The topological polar surface area (TPSA) is 76.7 Å².